The number of aliphatic hydroxyl groups is 1. The summed E-state index contributed by atoms with van der Waals surface area (Å²) in [6.07, 6.45) is 7.52. The summed E-state index contributed by atoms with van der Waals surface area (Å²) in [6, 6.07) is 9.67. The van der Waals surface area contributed by atoms with Gasteiger partial charge in [-0.3, -0.25) is 0 Å². The lowest BCUT2D eigenvalue weighted by molar-refractivity contribution is 0.287. The van der Waals surface area contributed by atoms with E-state index >= 15 is 0 Å². The third-order valence-electron chi connectivity index (χ3n) is 5.74. The molecule has 1 aliphatic heterocycles. The van der Waals surface area contributed by atoms with Gasteiger partial charge in [-0.1, -0.05) is 6.07 Å². The molecule has 0 atom stereocenters. The second-order valence-electron chi connectivity index (χ2n) is 9.22. The Kier molecular flexibility index (Phi) is 7.63. The van der Waals surface area contributed by atoms with Crippen LogP contribution in [0.3, 0.4) is 0 Å². The Morgan fingerprint density at radius 3 is 2.80 bits per heavy atom. The minimum Gasteiger partial charge on any atom is -0.396 e. The molecule has 0 spiro atoms. The van der Waals surface area contributed by atoms with E-state index in [2.05, 4.69) is 54.0 Å². The second kappa shape index (κ2) is 10.7. The minimum atomic E-state index is -2.30. The van der Waals surface area contributed by atoms with Gasteiger partial charge in [0.25, 0.3) is 0 Å². The van der Waals surface area contributed by atoms with Crippen LogP contribution in [0.2, 0.25) is 0 Å². The zero-order valence-electron chi connectivity index (χ0n) is 20.7. The zero-order valence-corrected chi connectivity index (χ0v) is 21.5. The maximum absolute atomic E-state index is 12.0. The number of nitrogens with zero attached hydrogens (tertiary/aromatic N) is 5. The van der Waals surface area contributed by atoms with Crippen LogP contribution in [0.1, 0.15) is 28.7 Å². The molecule has 186 valence electrons. The molecule has 0 amide bonds. The first kappa shape index (κ1) is 25.0. The van der Waals surface area contributed by atoms with Gasteiger partial charge in [-0.05, 0) is 74.2 Å². The van der Waals surface area contributed by atoms with Crippen LogP contribution >= 0.6 is 0 Å². The predicted octanol–water partition coefficient (Wildman–Crippen LogP) is 3.94. The summed E-state index contributed by atoms with van der Waals surface area (Å²) in [5.41, 5.74) is 5.77. The predicted molar refractivity (Wildman–Crippen MR) is 142 cm³/mol. The fraction of sp³-hybridized carbons (Fsp3) is 0.400. The lowest BCUT2D eigenvalue weighted by atomic mass is 9.91. The SMILES string of the molecule is Cc1cnc(Nc2cc(CCCO)c3c(c2)CN(C)CC3)nc1Nc1cccc(N=S(C)(C)=O)n1. The van der Waals surface area contributed by atoms with Crippen LogP contribution in [0, 0.1) is 6.92 Å². The van der Waals surface area contributed by atoms with Crippen molar-refractivity contribution in [2.45, 2.75) is 32.7 Å². The highest BCUT2D eigenvalue weighted by atomic mass is 32.2. The van der Waals surface area contributed by atoms with Crippen LogP contribution in [0.5, 0.6) is 0 Å². The first-order valence-corrected chi connectivity index (χ1v) is 14.0. The van der Waals surface area contributed by atoms with E-state index in [1.54, 1.807) is 24.8 Å². The maximum Gasteiger partial charge on any atom is 0.229 e. The summed E-state index contributed by atoms with van der Waals surface area (Å²) in [5.74, 6) is 2.07. The van der Waals surface area contributed by atoms with Crippen LogP contribution in [-0.4, -0.2) is 61.9 Å². The molecular formula is C25H33N7O2S. The first-order valence-electron chi connectivity index (χ1n) is 11.7. The first-order chi connectivity index (χ1) is 16.7. The van der Waals surface area contributed by atoms with Crippen molar-refractivity contribution in [1.29, 1.82) is 0 Å². The van der Waals surface area contributed by atoms with Crippen molar-refractivity contribution in [1.82, 2.24) is 19.9 Å². The van der Waals surface area contributed by atoms with Crippen molar-refractivity contribution < 1.29 is 9.32 Å². The van der Waals surface area contributed by atoms with Crippen molar-refractivity contribution in [3.63, 3.8) is 0 Å². The number of likely N-dealkylation sites (N-methyl/N-ethyl adjacent to an activating group) is 1. The number of aromatic nitrogens is 3. The average Bonchev–Trinajstić information content (AvgIpc) is 2.78. The van der Waals surface area contributed by atoms with E-state index in [1.165, 1.54) is 16.7 Å². The highest BCUT2D eigenvalue weighted by Gasteiger charge is 2.18. The third-order valence-corrected chi connectivity index (χ3v) is 6.37. The molecule has 3 N–H and O–H groups in total. The Hall–Kier alpha value is -3.08. The number of hydrogen-bond acceptors (Lipinski definition) is 9. The number of rotatable bonds is 8. The van der Waals surface area contributed by atoms with Gasteiger partial charge in [0, 0.05) is 59.4 Å². The van der Waals surface area contributed by atoms with Crippen molar-refractivity contribution >= 4 is 38.8 Å². The summed E-state index contributed by atoms with van der Waals surface area (Å²) in [4.78, 5) is 15.9. The fourth-order valence-electron chi connectivity index (χ4n) is 4.15. The molecule has 3 heterocycles. The summed E-state index contributed by atoms with van der Waals surface area (Å²) in [5, 5.41) is 15.9. The number of benzene rings is 1. The van der Waals surface area contributed by atoms with Gasteiger partial charge in [-0.2, -0.15) is 9.35 Å². The quantitative estimate of drug-likeness (QED) is 0.430. The highest BCUT2D eigenvalue weighted by molar-refractivity contribution is 7.92. The highest BCUT2D eigenvalue weighted by Crippen LogP contribution is 2.29. The molecule has 0 bridgehead atoms. The Morgan fingerprint density at radius 2 is 2.03 bits per heavy atom. The van der Waals surface area contributed by atoms with Gasteiger partial charge in [0.05, 0.1) is 0 Å². The molecule has 0 radical (unpaired) electrons. The molecule has 4 rings (SSSR count). The molecule has 1 aromatic carbocycles. The molecule has 0 unspecified atom stereocenters. The zero-order chi connectivity index (χ0) is 25.0. The van der Waals surface area contributed by atoms with Gasteiger partial charge < -0.3 is 20.6 Å². The van der Waals surface area contributed by atoms with Crippen LogP contribution in [0.15, 0.2) is 40.9 Å². The Bertz CT molecular complexity index is 1330. The standard InChI is InChI=1S/C25H33N7O2S/c1-17-15-26-25(30-24(17)29-22-8-5-9-23(28-22)31-35(3,4)34)27-20-13-18(7-6-12-33)21-10-11-32(2)16-19(21)14-20/h5,8-9,13-15,33H,6-7,10-12,16H2,1-4H3,(H2,26,27,28,29,30). The normalized spacial score (nSPS) is 13.9. The number of hydrogen-bond donors (Lipinski definition) is 3. The Balaban J connectivity index is 1.59. The minimum absolute atomic E-state index is 0.179. The monoisotopic (exact) mass is 495 g/mol. The molecule has 9 nitrogen and oxygen atoms in total. The number of fused-ring (bicyclic) bond motifs is 1. The number of aliphatic hydroxyl groups excluding tert-OH is 1. The van der Waals surface area contributed by atoms with Crippen LogP contribution < -0.4 is 10.6 Å². The van der Waals surface area contributed by atoms with Gasteiger partial charge in [-0.25, -0.2) is 14.2 Å². The molecule has 0 saturated heterocycles. The number of anilines is 4. The van der Waals surface area contributed by atoms with Gasteiger partial charge in [-0.15, -0.1) is 0 Å². The molecule has 3 aromatic rings. The van der Waals surface area contributed by atoms with Crippen LogP contribution in [-0.2, 0) is 29.1 Å². The van der Waals surface area contributed by atoms with E-state index in [1.807, 2.05) is 19.1 Å². The van der Waals surface area contributed by atoms with E-state index in [0.717, 1.165) is 43.6 Å². The summed E-state index contributed by atoms with van der Waals surface area (Å²) in [6.45, 7) is 4.04. The Morgan fingerprint density at radius 1 is 1.20 bits per heavy atom. The van der Waals surface area contributed by atoms with Crippen LogP contribution in [0.25, 0.3) is 0 Å². The van der Waals surface area contributed by atoms with Crippen LogP contribution in [0.4, 0.5) is 29.1 Å². The molecule has 10 heteroatoms. The van der Waals surface area contributed by atoms with Gasteiger partial charge in [0.2, 0.25) is 5.95 Å². The van der Waals surface area contributed by atoms with Crippen molar-refractivity contribution in [3.05, 3.63) is 58.8 Å². The molecule has 0 saturated carbocycles. The molecule has 0 aliphatic carbocycles. The van der Waals surface area contributed by atoms with E-state index in [4.69, 9.17) is 0 Å². The van der Waals surface area contributed by atoms with E-state index < -0.39 is 9.73 Å². The Labute approximate surface area is 207 Å². The van der Waals surface area contributed by atoms with Gasteiger partial charge in [0.1, 0.15) is 11.6 Å². The molecule has 0 fully saturated rings. The van der Waals surface area contributed by atoms with E-state index in [0.29, 0.717) is 23.4 Å². The number of pyridine rings is 1. The summed E-state index contributed by atoms with van der Waals surface area (Å²) < 4.78 is 16.2. The van der Waals surface area contributed by atoms with E-state index in [9.17, 15) is 9.32 Å². The largest absolute Gasteiger partial charge is 0.396 e. The number of aryl methyl sites for hydroxylation is 2. The van der Waals surface area contributed by atoms with Crippen molar-refractivity contribution in [2.24, 2.45) is 4.36 Å². The smallest absolute Gasteiger partial charge is 0.229 e. The lowest BCUT2D eigenvalue weighted by Gasteiger charge is -2.28. The third kappa shape index (κ3) is 6.74. The van der Waals surface area contributed by atoms with Crippen molar-refractivity contribution in [2.75, 3.05) is 43.3 Å². The maximum atomic E-state index is 12.0. The molecule has 1 aliphatic rings. The number of nitrogens with one attached hydrogen (secondary N) is 2. The lowest BCUT2D eigenvalue weighted by Crippen LogP contribution is -2.27. The van der Waals surface area contributed by atoms with Gasteiger partial charge >= 0.3 is 0 Å². The molecular weight excluding hydrogens is 462 g/mol. The molecule has 35 heavy (non-hydrogen) atoms. The molecule has 2 aromatic heterocycles. The second-order valence-corrected chi connectivity index (χ2v) is 11.8. The average molecular weight is 496 g/mol. The summed E-state index contributed by atoms with van der Waals surface area (Å²) >= 11 is 0. The topological polar surface area (TPSA) is 116 Å². The fourth-order valence-corrected chi connectivity index (χ4v) is 4.70. The van der Waals surface area contributed by atoms with Crippen molar-refractivity contribution in [3.8, 4) is 0 Å². The van der Waals surface area contributed by atoms with E-state index in [-0.39, 0.29) is 6.61 Å². The summed E-state index contributed by atoms with van der Waals surface area (Å²) in [7, 11) is -0.172. The van der Waals surface area contributed by atoms with Gasteiger partial charge in [0.15, 0.2) is 5.82 Å².